The van der Waals surface area contributed by atoms with Crippen molar-refractivity contribution >= 4 is 44.2 Å². The average Bonchev–Trinajstić information content (AvgIpc) is 3.43. The van der Waals surface area contributed by atoms with Gasteiger partial charge in [0.1, 0.15) is 0 Å². The van der Waals surface area contributed by atoms with Crippen LogP contribution in [0.1, 0.15) is 29.0 Å². The molecule has 1 nitrogen and oxygen atoms in total. The minimum Gasteiger partial charge on any atom is -0.309 e. The monoisotopic (exact) mass is 547 g/mol. The van der Waals surface area contributed by atoms with E-state index in [2.05, 4.69) is 162 Å². The molecule has 9 rings (SSSR count). The van der Waals surface area contributed by atoms with E-state index in [4.69, 9.17) is 0 Å². The summed E-state index contributed by atoms with van der Waals surface area (Å²) < 4.78 is 2.42. The Kier molecular flexibility index (Phi) is 5.39. The molecule has 0 radical (unpaired) electrons. The number of hydrogen-bond acceptors (Lipinski definition) is 0. The van der Waals surface area contributed by atoms with Gasteiger partial charge < -0.3 is 4.57 Å². The smallest absolute Gasteiger partial charge is 0.0547 e. The molecule has 2 aliphatic rings. The van der Waals surface area contributed by atoms with Gasteiger partial charge in [-0.25, -0.2) is 0 Å². The van der Waals surface area contributed by atoms with Crippen LogP contribution in [-0.4, -0.2) is 4.57 Å². The summed E-state index contributed by atoms with van der Waals surface area (Å²) in [5, 5.41) is 5.20. The number of hydrogen-bond donors (Lipinski definition) is 0. The molecule has 0 aliphatic heterocycles. The summed E-state index contributed by atoms with van der Waals surface area (Å²) in [5.41, 5.74) is 13.0. The summed E-state index contributed by atoms with van der Waals surface area (Å²) >= 11 is 0. The molecule has 0 bridgehead atoms. The lowest BCUT2D eigenvalue weighted by Gasteiger charge is -2.28. The van der Waals surface area contributed by atoms with Gasteiger partial charge in [-0.1, -0.05) is 127 Å². The van der Waals surface area contributed by atoms with Gasteiger partial charge >= 0.3 is 0 Å². The number of nitrogens with zero attached hydrogens (tertiary/aromatic N) is 1. The van der Waals surface area contributed by atoms with E-state index in [1.165, 1.54) is 77.2 Å². The van der Waals surface area contributed by atoms with Gasteiger partial charge in [-0.05, 0) is 86.5 Å². The van der Waals surface area contributed by atoms with Gasteiger partial charge in [0.05, 0.1) is 11.0 Å². The second-order valence-corrected chi connectivity index (χ2v) is 11.7. The molecule has 0 spiro atoms. The average molecular weight is 548 g/mol. The predicted octanol–water partition coefficient (Wildman–Crippen LogP) is 11.1. The SMILES string of the molecule is C1=Cc2ccccc2C2CC(c3ccc4ccc5c(c4c3)c3ccccc3n5-c3ccc(-c4ccccc4)cc3)=CC=C12. The third kappa shape index (κ3) is 3.86. The first kappa shape index (κ1) is 24.2. The normalized spacial score (nSPS) is 15.8. The van der Waals surface area contributed by atoms with Crippen LogP contribution in [0.5, 0.6) is 0 Å². The van der Waals surface area contributed by atoms with Crippen LogP contribution >= 0.6 is 0 Å². The highest BCUT2D eigenvalue weighted by molar-refractivity contribution is 6.21. The third-order valence-electron chi connectivity index (χ3n) is 9.39. The summed E-state index contributed by atoms with van der Waals surface area (Å²) in [7, 11) is 0. The zero-order chi connectivity index (χ0) is 28.3. The van der Waals surface area contributed by atoms with E-state index >= 15 is 0 Å². The Morgan fingerprint density at radius 2 is 1.28 bits per heavy atom. The molecular formula is C42H29N. The number of benzene rings is 6. The second kappa shape index (κ2) is 9.58. The van der Waals surface area contributed by atoms with Crippen LogP contribution in [-0.2, 0) is 0 Å². The zero-order valence-corrected chi connectivity index (χ0v) is 23.7. The Bertz CT molecular complexity index is 2290. The minimum absolute atomic E-state index is 0.411. The first-order chi connectivity index (χ1) is 21.3. The van der Waals surface area contributed by atoms with Gasteiger partial charge in [0.2, 0.25) is 0 Å². The Labute approximate surface area is 251 Å². The number of fused-ring (bicyclic) bond motifs is 8. The van der Waals surface area contributed by atoms with Gasteiger partial charge in [0, 0.05) is 22.4 Å². The molecule has 0 fully saturated rings. The fourth-order valence-electron chi connectivity index (χ4n) is 7.26. The summed E-state index contributed by atoms with van der Waals surface area (Å²) in [6.45, 7) is 0. The van der Waals surface area contributed by atoms with Crippen molar-refractivity contribution in [1.82, 2.24) is 4.57 Å². The van der Waals surface area contributed by atoms with E-state index < -0.39 is 0 Å². The number of allylic oxidation sites excluding steroid dienone is 5. The third-order valence-corrected chi connectivity index (χ3v) is 9.39. The van der Waals surface area contributed by atoms with Gasteiger partial charge in [0.15, 0.2) is 0 Å². The molecule has 1 atom stereocenters. The van der Waals surface area contributed by atoms with E-state index in [1.807, 2.05) is 0 Å². The van der Waals surface area contributed by atoms with Crippen molar-refractivity contribution in [3.8, 4) is 16.8 Å². The van der Waals surface area contributed by atoms with Gasteiger partial charge in [-0.2, -0.15) is 0 Å². The first-order valence-electron chi connectivity index (χ1n) is 15.1. The van der Waals surface area contributed by atoms with Crippen molar-refractivity contribution in [2.24, 2.45) is 0 Å². The molecule has 0 amide bonds. The lowest BCUT2D eigenvalue weighted by molar-refractivity contribution is 0.823. The highest BCUT2D eigenvalue weighted by Gasteiger charge is 2.25. The molecule has 1 aromatic heterocycles. The molecule has 2 aliphatic carbocycles. The molecule has 0 N–H and O–H groups in total. The van der Waals surface area contributed by atoms with Crippen LogP contribution in [0.2, 0.25) is 0 Å². The van der Waals surface area contributed by atoms with Crippen molar-refractivity contribution in [1.29, 1.82) is 0 Å². The maximum Gasteiger partial charge on any atom is 0.0547 e. The Hall–Kier alpha value is -5.40. The lowest BCUT2D eigenvalue weighted by Crippen LogP contribution is -2.10. The first-order valence-corrected chi connectivity index (χ1v) is 15.1. The van der Waals surface area contributed by atoms with Gasteiger partial charge in [0.25, 0.3) is 0 Å². The van der Waals surface area contributed by atoms with E-state index in [1.54, 1.807) is 0 Å². The molecule has 43 heavy (non-hydrogen) atoms. The molecule has 7 aromatic rings. The maximum atomic E-state index is 2.43. The van der Waals surface area contributed by atoms with Crippen LogP contribution in [0.15, 0.2) is 157 Å². The van der Waals surface area contributed by atoms with Gasteiger partial charge in [-0.3, -0.25) is 0 Å². The second-order valence-electron chi connectivity index (χ2n) is 11.7. The van der Waals surface area contributed by atoms with Crippen LogP contribution in [0.25, 0.3) is 61.0 Å². The van der Waals surface area contributed by atoms with Crippen LogP contribution in [0, 0.1) is 0 Å². The molecule has 1 unspecified atom stereocenters. The fourth-order valence-corrected chi connectivity index (χ4v) is 7.26. The summed E-state index contributed by atoms with van der Waals surface area (Å²) in [5.74, 6) is 0.411. The quantitative estimate of drug-likeness (QED) is 0.207. The largest absolute Gasteiger partial charge is 0.309 e. The van der Waals surface area contributed by atoms with Crippen molar-refractivity contribution in [3.05, 3.63) is 174 Å². The summed E-state index contributed by atoms with van der Waals surface area (Å²) in [4.78, 5) is 0. The van der Waals surface area contributed by atoms with Gasteiger partial charge in [-0.15, -0.1) is 0 Å². The zero-order valence-electron chi connectivity index (χ0n) is 23.7. The molecule has 202 valence electrons. The highest BCUT2D eigenvalue weighted by Crippen LogP contribution is 2.44. The Morgan fingerprint density at radius 1 is 0.535 bits per heavy atom. The molecule has 0 saturated heterocycles. The minimum atomic E-state index is 0.411. The highest BCUT2D eigenvalue weighted by atomic mass is 15.0. The van der Waals surface area contributed by atoms with Crippen molar-refractivity contribution in [2.45, 2.75) is 12.3 Å². The lowest BCUT2D eigenvalue weighted by atomic mass is 9.76. The topological polar surface area (TPSA) is 4.93 Å². The van der Waals surface area contributed by atoms with Crippen LogP contribution in [0.3, 0.4) is 0 Å². The van der Waals surface area contributed by atoms with Crippen molar-refractivity contribution in [3.63, 3.8) is 0 Å². The molecular weight excluding hydrogens is 518 g/mol. The standard InChI is InChI=1S/C42H29N/c1-2-8-28(9-3-1)29-20-23-35(24-21-29)43-40-13-7-6-12-37(40)42-39-27-34(19-17-32(39)22-25-41(42)43)33-18-16-31-15-14-30-10-4-5-11-36(30)38(31)26-33/h1-25,27,38H,26H2. The van der Waals surface area contributed by atoms with Crippen LogP contribution < -0.4 is 0 Å². The molecule has 6 aromatic carbocycles. The Morgan fingerprint density at radius 3 is 2.19 bits per heavy atom. The molecule has 0 saturated carbocycles. The van der Waals surface area contributed by atoms with Crippen molar-refractivity contribution < 1.29 is 0 Å². The molecule has 1 heterocycles. The van der Waals surface area contributed by atoms with E-state index in [0.717, 1.165) is 6.42 Å². The summed E-state index contributed by atoms with van der Waals surface area (Å²) in [6, 6.07) is 48.9. The summed E-state index contributed by atoms with van der Waals surface area (Å²) in [6.07, 6.45) is 10.2. The van der Waals surface area contributed by atoms with E-state index in [-0.39, 0.29) is 0 Å². The predicted molar refractivity (Wildman–Crippen MR) is 183 cm³/mol. The van der Waals surface area contributed by atoms with E-state index in [0.29, 0.717) is 5.92 Å². The van der Waals surface area contributed by atoms with Crippen molar-refractivity contribution in [2.75, 3.05) is 0 Å². The maximum absolute atomic E-state index is 2.43. The molecule has 1 heteroatoms. The fraction of sp³-hybridized carbons (Fsp3) is 0.0476. The number of para-hydroxylation sites is 1. The van der Waals surface area contributed by atoms with Crippen LogP contribution in [0.4, 0.5) is 0 Å². The number of aromatic nitrogens is 1. The number of rotatable bonds is 3. The Balaban J connectivity index is 1.19. The van der Waals surface area contributed by atoms with E-state index in [9.17, 15) is 0 Å².